The second kappa shape index (κ2) is 10.6. The molecule has 1 aromatic carbocycles. The van der Waals surface area contributed by atoms with Crippen molar-refractivity contribution in [2.45, 2.75) is 39.8 Å². The Morgan fingerprint density at radius 3 is 2.63 bits per heavy atom. The molecule has 0 aliphatic heterocycles. The summed E-state index contributed by atoms with van der Waals surface area (Å²) >= 11 is 1.55. The molecular formula is C20H25NO5S. The van der Waals surface area contributed by atoms with Crippen molar-refractivity contribution in [1.29, 1.82) is 0 Å². The van der Waals surface area contributed by atoms with Crippen LogP contribution in [0.3, 0.4) is 0 Å². The van der Waals surface area contributed by atoms with Crippen LogP contribution in [-0.4, -0.2) is 31.2 Å². The third-order valence-corrected chi connectivity index (χ3v) is 4.49. The average molecular weight is 391 g/mol. The van der Waals surface area contributed by atoms with Gasteiger partial charge in [0.25, 0.3) is 5.91 Å². The number of carbonyl (C=O) groups is 2. The summed E-state index contributed by atoms with van der Waals surface area (Å²) in [5.74, 6) is 0.133. The van der Waals surface area contributed by atoms with Crippen molar-refractivity contribution in [3.63, 3.8) is 0 Å². The van der Waals surface area contributed by atoms with Gasteiger partial charge in [0.1, 0.15) is 0 Å². The molecule has 0 radical (unpaired) electrons. The maximum atomic E-state index is 12.4. The Kier molecular flexibility index (Phi) is 8.13. The van der Waals surface area contributed by atoms with E-state index in [1.165, 1.54) is 0 Å². The highest BCUT2D eigenvalue weighted by Gasteiger charge is 2.20. The van der Waals surface area contributed by atoms with Crippen molar-refractivity contribution in [3.8, 4) is 11.5 Å². The summed E-state index contributed by atoms with van der Waals surface area (Å²) < 4.78 is 16.4. The molecule has 1 aromatic heterocycles. The van der Waals surface area contributed by atoms with E-state index in [4.69, 9.17) is 14.2 Å². The minimum absolute atomic E-state index is 0.306. The molecule has 27 heavy (non-hydrogen) atoms. The summed E-state index contributed by atoms with van der Waals surface area (Å²) in [7, 11) is 0. The second-order valence-corrected chi connectivity index (χ2v) is 6.82. The number of benzene rings is 1. The molecule has 1 unspecified atom stereocenters. The molecule has 0 aliphatic rings. The van der Waals surface area contributed by atoms with Gasteiger partial charge in [0.05, 0.1) is 25.3 Å². The van der Waals surface area contributed by atoms with Crippen LogP contribution >= 0.6 is 11.3 Å². The highest BCUT2D eigenvalue weighted by Crippen LogP contribution is 2.29. The lowest BCUT2D eigenvalue weighted by Crippen LogP contribution is -2.35. The quantitative estimate of drug-likeness (QED) is 0.624. The summed E-state index contributed by atoms with van der Waals surface area (Å²) in [6.07, 6.45) is -0.0305. The standard InChI is InChI=1S/C20H25NO5S/c1-4-10-25-17-9-8-15(12-18(17)24-5-2)20(23)26-14(3)19(22)21-13-16-7-6-11-27-16/h6-9,11-12,14H,4-5,10,13H2,1-3H3,(H,21,22). The van der Waals surface area contributed by atoms with Crippen molar-refractivity contribution >= 4 is 23.2 Å². The van der Waals surface area contributed by atoms with E-state index in [-0.39, 0.29) is 5.91 Å². The first-order valence-corrected chi connectivity index (χ1v) is 9.83. The topological polar surface area (TPSA) is 73.9 Å². The van der Waals surface area contributed by atoms with E-state index in [9.17, 15) is 9.59 Å². The lowest BCUT2D eigenvalue weighted by Gasteiger charge is -2.15. The summed E-state index contributed by atoms with van der Waals surface area (Å²) in [6, 6.07) is 8.70. The fourth-order valence-corrected chi connectivity index (χ4v) is 2.89. The SMILES string of the molecule is CCCOc1ccc(C(=O)OC(C)C(=O)NCc2cccs2)cc1OCC. The maximum absolute atomic E-state index is 12.4. The lowest BCUT2D eigenvalue weighted by molar-refractivity contribution is -0.129. The Morgan fingerprint density at radius 1 is 1.15 bits per heavy atom. The molecule has 0 spiro atoms. The van der Waals surface area contributed by atoms with Crippen molar-refractivity contribution in [2.24, 2.45) is 0 Å². The third kappa shape index (κ3) is 6.29. The Hall–Kier alpha value is -2.54. The molecule has 0 bridgehead atoms. The maximum Gasteiger partial charge on any atom is 0.339 e. The van der Waals surface area contributed by atoms with E-state index in [0.29, 0.717) is 36.8 Å². The predicted molar refractivity (Wildman–Crippen MR) is 104 cm³/mol. The number of ether oxygens (including phenoxy) is 3. The van der Waals surface area contributed by atoms with E-state index in [0.717, 1.165) is 11.3 Å². The van der Waals surface area contributed by atoms with E-state index in [1.807, 2.05) is 31.4 Å². The first-order valence-electron chi connectivity index (χ1n) is 8.95. The van der Waals surface area contributed by atoms with Crippen LogP contribution in [0.5, 0.6) is 11.5 Å². The molecule has 2 aromatic rings. The molecule has 0 saturated heterocycles. The number of amides is 1. The Labute approximate surface area is 163 Å². The molecule has 1 atom stereocenters. The smallest absolute Gasteiger partial charge is 0.339 e. The normalized spacial score (nSPS) is 11.5. The highest BCUT2D eigenvalue weighted by molar-refractivity contribution is 7.09. The number of rotatable bonds is 10. The van der Waals surface area contributed by atoms with E-state index in [2.05, 4.69) is 5.32 Å². The molecule has 6 nitrogen and oxygen atoms in total. The van der Waals surface area contributed by atoms with Crippen LogP contribution in [0.4, 0.5) is 0 Å². The zero-order chi connectivity index (χ0) is 19.6. The van der Waals surface area contributed by atoms with Crippen LogP contribution in [0.15, 0.2) is 35.7 Å². The summed E-state index contributed by atoms with van der Waals surface area (Å²) in [4.78, 5) is 25.5. The summed E-state index contributed by atoms with van der Waals surface area (Å²) in [6.45, 7) is 6.83. The minimum Gasteiger partial charge on any atom is -0.490 e. The van der Waals surface area contributed by atoms with Crippen LogP contribution in [0.2, 0.25) is 0 Å². The third-order valence-electron chi connectivity index (χ3n) is 3.61. The van der Waals surface area contributed by atoms with Gasteiger partial charge in [0.2, 0.25) is 0 Å². The molecule has 146 valence electrons. The molecule has 1 heterocycles. The van der Waals surface area contributed by atoms with Gasteiger partial charge >= 0.3 is 5.97 Å². The molecule has 1 amide bonds. The predicted octanol–water partition coefficient (Wildman–Crippen LogP) is 3.80. The molecule has 0 saturated carbocycles. The lowest BCUT2D eigenvalue weighted by atomic mass is 10.2. The number of hydrogen-bond acceptors (Lipinski definition) is 6. The van der Waals surface area contributed by atoms with Crippen LogP contribution < -0.4 is 14.8 Å². The Morgan fingerprint density at radius 2 is 1.96 bits per heavy atom. The van der Waals surface area contributed by atoms with Crippen molar-refractivity contribution in [2.75, 3.05) is 13.2 Å². The molecule has 1 N–H and O–H groups in total. The molecule has 0 aliphatic carbocycles. The van der Waals surface area contributed by atoms with E-state index < -0.39 is 12.1 Å². The second-order valence-electron chi connectivity index (χ2n) is 5.79. The molecule has 0 fully saturated rings. The molecular weight excluding hydrogens is 366 g/mol. The zero-order valence-corrected chi connectivity index (χ0v) is 16.6. The van der Waals surface area contributed by atoms with Crippen molar-refractivity contribution < 1.29 is 23.8 Å². The Bertz CT molecular complexity index is 745. The minimum atomic E-state index is -0.899. The molecule has 2 rings (SSSR count). The van der Waals surface area contributed by atoms with Gasteiger partial charge in [-0.15, -0.1) is 11.3 Å². The van der Waals surface area contributed by atoms with Gasteiger partial charge in [0.15, 0.2) is 17.6 Å². The first-order chi connectivity index (χ1) is 13.0. The largest absolute Gasteiger partial charge is 0.490 e. The van der Waals surface area contributed by atoms with Gasteiger partial charge in [-0.1, -0.05) is 13.0 Å². The van der Waals surface area contributed by atoms with Gasteiger partial charge in [-0.3, -0.25) is 4.79 Å². The Balaban J connectivity index is 1.96. The number of carbonyl (C=O) groups excluding carboxylic acids is 2. The van der Waals surface area contributed by atoms with Crippen molar-refractivity contribution in [1.82, 2.24) is 5.32 Å². The van der Waals surface area contributed by atoms with Gasteiger partial charge in [0, 0.05) is 4.88 Å². The van der Waals surface area contributed by atoms with Crippen LogP contribution in [-0.2, 0) is 16.1 Å². The summed E-state index contributed by atoms with van der Waals surface area (Å²) in [5, 5.41) is 4.69. The van der Waals surface area contributed by atoms with Crippen LogP contribution in [0.25, 0.3) is 0 Å². The van der Waals surface area contributed by atoms with Gasteiger partial charge < -0.3 is 19.5 Å². The van der Waals surface area contributed by atoms with E-state index in [1.54, 1.807) is 36.5 Å². The fraction of sp³-hybridized carbons (Fsp3) is 0.400. The van der Waals surface area contributed by atoms with Gasteiger partial charge in [-0.25, -0.2) is 4.79 Å². The fourth-order valence-electron chi connectivity index (χ4n) is 2.25. The number of esters is 1. The monoisotopic (exact) mass is 391 g/mol. The highest BCUT2D eigenvalue weighted by atomic mass is 32.1. The van der Waals surface area contributed by atoms with E-state index >= 15 is 0 Å². The molecule has 7 heteroatoms. The van der Waals surface area contributed by atoms with Crippen LogP contribution in [0.1, 0.15) is 42.4 Å². The number of nitrogens with one attached hydrogen (secondary N) is 1. The van der Waals surface area contributed by atoms with Gasteiger partial charge in [-0.2, -0.15) is 0 Å². The number of hydrogen-bond donors (Lipinski definition) is 1. The number of thiophene rings is 1. The average Bonchev–Trinajstić information content (AvgIpc) is 3.18. The summed E-state index contributed by atoms with van der Waals surface area (Å²) in [5.41, 5.74) is 0.306. The zero-order valence-electron chi connectivity index (χ0n) is 15.8. The van der Waals surface area contributed by atoms with Gasteiger partial charge in [-0.05, 0) is 49.9 Å². The van der Waals surface area contributed by atoms with Crippen molar-refractivity contribution in [3.05, 3.63) is 46.2 Å². The van der Waals surface area contributed by atoms with Crippen LogP contribution in [0, 0.1) is 0 Å². The first kappa shape index (κ1) is 20.8.